The van der Waals surface area contributed by atoms with E-state index in [1.165, 1.54) is 0 Å². The summed E-state index contributed by atoms with van der Waals surface area (Å²) in [4.78, 5) is 0.236. The minimum absolute atomic E-state index is 0.0742. The van der Waals surface area contributed by atoms with Crippen LogP contribution in [-0.2, 0) is 10.0 Å². The minimum atomic E-state index is -3.70. The lowest BCUT2D eigenvalue weighted by atomic mass is 9.77. The van der Waals surface area contributed by atoms with Gasteiger partial charge in [0, 0.05) is 27.3 Å². The maximum absolute atomic E-state index is 13.0. The zero-order valence-corrected chi connectivity index (χ0v) is 18.9. The summed E-state index contributed by atoms with van der Waals surface area (Å²) in [6, 6.07) is 19.4. The second-order valence-electron chi connectivity index (χ2n) is 7.90. The van der Waals surface area contributed by atoms with E-state index in [-0.39, 0.29) is 28.5 Å². The number of hydrogen-bond donors (Lipinski definition) is 3. The van der Waals surface area contributed by atoms with Gasteiger partial charge in [-0.05, 0) is 66.4 Å². The average Bonchev–Trinajstić information content (AvgIpc) is 3.25. The summed E-state index contributed by atoms with van der Waals surface area (Å²) in [6.07, 6.45) is 5.14. The molecule has 7 heteroatoms. The van der Waals surface area contributed by atoms with Crippen molar-refractivity contribution in [1.82, 2.24) is 0 Å². The van der Waals surface area contributed by atoms with Crippen LogP contribution >= 0.6 is 15.9 Å². The Hall–Kier alpha value is -2.77. The molecule has 0 saturated carbocycles. The van der Waals surface area contributed by atoms with Gasteiger partial charge in [-0.25, -0.2) is 8.42 Å². The highest BCUT2D eigenvalue weighted by atomic mass is 79.9. The van der Waals surface area contributed by atoms with Crippen molar-refractivity contribution < 1.29 is 13.5 Å². The predicted octanol–water partition coefficient (Wildman–Crippen LogP) is 5.78. The van der Waals surface area contributed by atoms with Gasteiger partial charge in [-0.15, -0.1) is 0 Å². The fourth-order valence-corrected chi connectivity index (χ4v) is 6.01. The molecule has 5 nitrogen and oxygen atoms in total. The molecule has 3 atom stereocenters. The first-order valence-electron chi connectivity index (χ1n) is 10.1. The maximum Gasteiger partial charge on any atom is 0.261 e. The molecule has 0 bridgehead atoms. The number of anilines is 2. The van der Waals surface area contributed by atoms with Crippen LogP contribution in [0.4, 0.5) is 11.4 Å². The fraction of sp³-hybridized carbons (Fsp3) is 0.167. The Labute approximate surface area is 190 Å². The van der Waals surface area contributed by atoms with Crippen LogP contribution in [0.1, 0.15) is 29.5 Å². The molecule has 0 fully saturated rings. The first-order chi connectivity index (χ1) is 14.9. The van der Waals surface area contributed by atoms with Crippen LogP contribution < -0.4 is 10.0 Å². The van der Waals surface area contributed by atoms with Crippen molar-refractivity contribution in [3.8, 4) is 5.75 Å². The highest BCUT2D eigenvalue weighted by Crippen LogP contribution is 2.51. The molecule has 1 aliphatic carbocycles. The van der Waals surface area contributed by atoms with E-state index in [0.717, 1.165) is 27.7 Å². The van der Waals surface area contributed by atoms with E-state index in [1.54, 1.807) is 42.5 Å². The summed E-state index contributed by atoms with van der Waals surface area (Å²) in [6.45, 7) is 0. The highest BCUT2D eigenvalue weighted by molar-refractivity contribution is 9.10. The molecule has 158 valence electrons. The van der Waals surface area contributed by atoms with Gasteiger partial charge >= 0.3 is 0 Å². The quantitative estimate of drug-likeness (QED) is 0.400. The van der Waals surface area contributed by atoms with E-state index in [2.05, 4.69) is 38.1 Å². The Morgan fingerprint density at radius 2 is 1.81 bits per heavy atom. The summed E-state index contributed by atoms with van der Waals surface area (Å²) in [5.74, 6) is 0.514. The summed E-state index contributed by atoms with van der Waals surface area (Å²) in [5, 5.41) is 14.0. The van der Waals surface area contributed by atoms with Crippen molar-refractivity contribution in [2.45, 2.75) is 23.3 Å². The smallest absolute Gasteiger partial charge is 0.261 e. The van der Waals surface area contributed by atoms with E-state index < -0.39 is 10.0 Å². The van der Waals surface area contributed by atoms with Gasteiger partial charge < -0.3 is 10.4 Å². The van der Waals surface area contributed by atoms with Crippen molar-refractivity contribution >= 4 is 37.3 Å². The third kappa shape index (κ3) is 3.72. The Bertz CT molecular complexity index is 1280. The van der Waals surface area contributed by atoms with Gasteiger partial charge in [-0.3, -0.25) is 4.72 Å². The monoisotopic (exact) mass is 496 g/mol. The SMILES string of the molecule is O=S(=O)(Nc1ccccc1)c1ccc2c(c1)C1C=CCC1C(c1cc(Br)ccc1O)N2. The van der Waals surface area contributed by atoms with E-state index in [0.29, 0.717) is 5.69 Å². The molecule has 3 unspecified atom stereocenters. The molecule has 31 heavy (non-hydrogen) atoms. The molecule has 1 heterocycles. The third-order valence-corrected chi connectivity index (χ3v) is 7.87. The number of fused-ring (bicyclic) bond motifs is 3. The summed E-state index contributed by atoms with van der Waals surface area (Å²) >= 11 is 3.50. The third-order valence-electron chi connectivity index (χ3n) is 6.00. The van der Waals surface area contributed by atoms with Gasteiger partial charge in [0.15, 0.2) is 0 Å². The van der Waals surface area contributed by atoms with Crippen LogP contribution in [-0.4, -0.2) is 13.5 Å². The fourth-order valence-electron chi connectivity index (χ4n) is 4.54. The van der Waals surface area contributed by atoms with Gasteiger partial charge in [0.05, 0.1) is 10.9 Å². The number of phenols is 1. The van der Waals surface area contributed by atoms with Crippen LogP contribution in [0.5, 0.6) is 5.75 Å². The van der Waals surface area contributed by atoms with Crippen LogP contribution in [0.15, 0.2) is 88.3 Å². The van der Waals surface area contributed by atoms with E-state index in [4.69, 9.17) is 0 Å². The number of allylic oxidation sites excluding steroid dienone is 2. The van der Waals surface area contributed by atoms with Crippen molar-refractivity contribution in [2.24, 2.45) is 5.92 Å². The number of aromatic hydroxyl groups is 1. The topological polar surface area (TPSA) is 78.4 Å². The lowest BCUT2D eigenvalue weighted by Gasteiger charge is -2.38. The van der Waals surface area contributed by atoms with Crippen molar-refractivity contribution in [3.63, 3.8) is 0 Å². The summed E-state index contributed by atoms with van der Waals surface area (Å²) in [7, 11) is -3.70. The number of halogens is 1. The number of nitrogens with one attached hydrogen (secondary N) is 2. The van der Waals surface area contributed by atoms with Crippen molar-refractivity contribution in [3.05, 3.63) is 94.5 Å². The van der Waals surface area contributed by atoms with Crippen LogP contribution in [0.25, 0.3) is 0 Å². The standard InChI is InChI=1S/C24H21BrN2O3S/c25-15-9-12-23(28)21(13-15)24-19-8-4-7-18(19)20-14-17(10-11-22(20)26-24)31(29,30)27-16-5-2-1-3-6-16/h1-7,9-14,18-19,24,26-28H,8H2. The average molecular weight is 497 g/mol. The van der Waals surface area contributed by atoms with Crippen molar-refractivity contribution in [2.75, 3.05) is 10.0 Å². The molecule has 2 aliphatic rings. The summed E-state index contributed by atoms with van der Waals surface area (Å²) < 4.78 is 29.5. The molecule has 3 aromatic rings. The van der Waals surface area contributed by atoms with Gasteiger partial charge in [-0.1, -0.05) is 46.3 Å². The number of hydrogen-bond acceptors (Lipinski definition) is 4. The molecule has 3 N–H and O–H groups in total. The normalized spacial score (nSPS) is 21.8. The molecular weight excluding hydrogens is 476 g/mol. The lowest BCUT2D eigenvalue weighted by molar-refractivity contribution is 0.402. The summed E-state index contributed by atoms with van der Waals surface area (Å²) in [5.41, 5.74) is 3.21. The zero-order chi connectivity index (χ0) is 21.6. The molecule has 3 aromatic carbocycles. The predicted molar refractivity (Wildman–Crippen MR) is 126 cm³/mol. The molecule has 1 aliphatic heterocycles. The van der Waals surface area contributed by atoms with Crippen LogP contribution in [0, 0.1) is 5.92 Å². The molecule has 0 aromatic heterocycles. The molecule has 0 saturated heterocycles. The zero-order valence-electron chi connectivity index (χ0n) is 16.5. The van der Waals surface area contributed by atoms with Crippen molar-refractivity contribution in [1.29, 1.82) is 0 Å². The molecule has 0 spiro atoms. The number of rotatable bonds is 4. The Kier molecular flexibility index (Phi) is 5.02. The van der Waals surface area contributed by atoms with Crippen LogP contribution in [0.3, 0.4) is 0 Å². The Morgan fingerprint density at radius 1 is 1.00 bits per heavy atom. The number of phenolic OH excluding ortho intramolecular Hbond substituents is 1. The second-order valence-corrected chi connectivity index (χ2v) is 10.5. The van der Waals surface area contributed by atoms with Gasteiger partial charge in [-0.2, -0.15) is 0 Å². The number of benzene rings is 3. The van der Waals surface area contributed by atoms with E-state index in [9.17, 15) is 13.5 Å². The molecular formula is C24H21BrN2O3S. The van der Waals surface area contributed by atoms with Gasteiger partial charge in [0.1, 0.15) is 5.75 Å². The molecule has 0 radical (unpaired) electrons. The Balaban J connectivity index is 1.52. The van der Waals surface area contributed by atoms with Crippen LogP contribution in [0.2, 0.25) is 0 Å². The molecule has 5 rings (SSSR count). The van der Waals surface area contributed by atoms with Gasteiger partial charge in [0.2, 0.25) is 0 Å². The first kappa shape index (κ1) is 20.2. The Morgan fingerprint density at radius 3 is 2.61 bits per heavy atom. The van der Waals surface area contributed by atoms with Gasteiger partial charge in [0.25, 0.3) is 10.0 Å². The maximum atomic E-state index is 13.0. The minimum Gasteiger partial charge on any atom is -0.508 e. The number of para-hydroxylation sites is 1. The second kappa shape index (κ2) is 7.73. The highest BCUT2D eigenvalue weighted by Gasteiger charge is 2.39. The van der Waals surface area contributed by atoms with E-state index in [1.807, 2.05) is 24.3 Å². The molecule has 0 amide bonds. The van der Waals surface area contributed by atoms with E-state index >= 15 is 0 Å². The number of sulfonamides is 1. The largest absolute Gasteiger partial charge is 0.508 e. The lowest BCUT2D eigenvalue weighted by Crippen LogP contribution is -2.29. The first-order valence-corrected chi connectivity index (χ1v) is 12.3.